The summed E-state index contributed by atoms with van der Waals surface area (Å²) in [4.78, 5) is 11.2. The summed E-state index contributed by atoms with van der Waals surface area (Å²) < 4.78 is 31.9. The number of amides is 1. The molecule has 0 aliphatic carbocycles. The van der Waals surface area contributed by atoms with Gasteiger partial charge < -0.3 is 14.4 Å². The molecule has 24 heavy (non-hydrogen) atoms. The topological polar surface area (TPSA) is 86.3 Å². The second kappa shape index (κ2) is 8.96. The van der Waals surface area contributed by atoms with E-state index < -0.39 is 10.1 Å². The second-order valence-electron chi connectivity index (χ2n) is 6.56. The summed E-state index contributed by atoms with van der Waals surface area (Å²) in [6.07, 6.45) is 1.08. The van der Waals surface area contributed by atoms with Gasteiger partial charge in [0.15, 0.2) is 6.17 Å². The zero-order valence-corrected chi connectivity index (χ0v) is 16.1. The van der Waals surface area contributed by atoms with E-state index in [1.54, 1.807) is 19.1 Å². The van der Waals surface area contributed by atoms with Crippen LogP contribution in [0.5, 0.6) is 0 Å². The number of aryl methyl sites for hydroxylation is 1. The smallest absolute Gasteiger partial charge is 0.250 e. The highest BCUT2D eigenvalue weighted by Gasteiger charge is 2.23. The van der Waals surface area contributed by atoms with Crippen LogP contribution >= 0.6 is 0 Å². The highest BCUT2D eigenvalue weighted by Crippen LogP contribution is 2.08. The standard InChI is InChI=1S/C10H20N2O.C7H8O3S/c1-7-9(12(4,5)6)11-10(13)8(2)3;1-6-2-4-7(5-3-6)11(8,9)10/h9H,2,7H2,1,3-6H3;2-5H,1H3,(H,8,9,10). The molecule has 1 rings (SSSR count). The number of rotatable bonds is 5. The molecule has 1 amide bonds. The largest absolute Gasteiger partial charge is 0.744 e. The van der Waals surface area contributed by atoms with Gasteiger partial charge in [-0.05, 0) is 26.0 Å². The zero-order chi connectivity index (χ0) is 19.1. The van der Waals surface area contributed by atoms with Crippen LogP contribution in [0.4, 0.5) is 0 Å². The van der Waals surface area contributed by atoms with Crippen molar-refractivity contribution in [3.8, 4) is 0 Å². The third-order valence-electron chi connectivity index (χ3n) is 3.32. The lowest BCUT2D eigenvalue weighted by molar-refractivity contribution is -0.898. The SMILES string of the molecule is C=C(C)C(=O)NC(CC)[N+](C)(C)C.Cc1ccc(S(=O)(=O)[O-])cc1. The Hall–Kier alpha value is -1.70. The minimum atomic E-state index is -4.27. The van der Waals surface area contributed by atoms with Gasteiger partial charge in [-0.1, -0.05) is 31.2 Å². The zero-order valence-electron chi connectivity index (χ0n) is 15.3. The molecule has 0 fully saturated rings. The van der Waals surface area contributed by atoms with E-state index >= 15 is 0 Å². The van der Waals surface area contributed by atoms with E-state index in [1.807, 2.05) is 6.92 Å². The van der Waals surface area contributed by atoms with Crippen molar-refractivity contribution in [3.05, 3.63) is 42.0 Å². The molecule has 1 aromatic carbocycles. The van der Waals surface area contributed by atoms with Crippen molar-refractivity contribution < 1.29 is 22.2 Å². The molecular formula is C17H28N2O4S. The maximum atomic E-state index is 11.3. The molecule has 0 aromatic heterocycles. The van der Waals surface area contributed by atoms with Crippen molar-refractivity contribution in [1.29, 1.82) is 0 Å². The van der Waals surface area contributed by atoms with Crippen molar-refractivity contribution >= 4 is 16.0 Å². The van der Waals surface area contributed by atoms with Crippen LogP contribution < -0.4 is 5.32 Å². The Morgan fingerprint density at radius 1 is 1.25 bits per heavy atom. The Morgan fingerprint density at radius 3 is 2.00 bits per heavy atom. The first-order chi connectivity index (χ1) is 10.8. The molecule has 6 nitrogen and oxygen atoms in total. The van der Waals surface area contributed by atoms with Crippen molar-refractivity contribution in [2.75, 3.05) is 21.1 Å². The highest BCUT2D eigenvalue weighted by atomic mass is 32.2. The van der Waals surface area contributed by atoms with Crippen molar-refractivity contribution in [3.63, 3.8) is 0 Å². The molecule has 0 radical (unpaired) electrons. The summed E-state index contributed by atoms with van der Waals surface area (Å²) in [5.41, 5.74) is 1.49. The van der Waals surface area contributed by atoms with E-state index in [1.165, 1.54) is 12.1 Å². The van der Waals surface area contributed by atoms with Crippen LogP contribution in [-0.4, -0.2) is 50.7 Å². The predicted octanol–water partition coefficient (Wildman–Crippen LogP) is 2.02. The molecule has 1 N–H and O–H groups in total. The normalized spacial score (nSPS) is 12.6. The summed E-state index contributed by atoms with van der Waals surface area (Å²) in [6, 6.07) is 5.78. The van der Waals surface area contributed by atoms with Crippen LogP contribution in [0.25, 0.3) is 0 Å². The number of carbonyl (C=O) groups excluding carboxylic acids is 1. The van der Waals surface area contributed by atoms with E-state index in [-0.39, 0.29) is 17.0 Å². The van der Waals surface area contributed by atoms with Gasteiger partial charge in [0.2, 0.25) is 0 Å². The molecule has 7 heteroatoms. The first-order valence-electron chi connectivity index (χ1n) is 7.59. The third-order valence-corrected chi connectivity index (χ3v) is 4.17. The fourth-order valence-corrected chi connectivity index (χ4v) is 2.29. The van der Waals surface area contributed by atoms with Crippen molar-refractivity contribution in [2.24, 2.45) is 0 Å². The van der Waals surface area contributed by atoms with Gasteiger partial charge in [0.1, 0.15) is 10.1 Å². The van der Waals surface area contributed by atoms with Gasteiger partial charge in [-0.2, -0.15) is 0 Å². The predicted molar refractivity (Wildman–Crippen MR) is 94.2 cm³/mol. The molecule has 0 saturated carbocycles. The Kier molecular flexibility index (Phi) is 8.32. The lowest BCUT2D eigenvalue weighted by Crippen LogP contribution is -2.54. The van der Waals surface area contributed by atoms with Crippen LogP contribution in [0, 0.1) is 6.92 Å². The number of benzene rings is 1. The molecule has 0 aliphatic rings. The van der Waals surface area contributed by atoms with Crippen LogP contribution in [0.2, 0.25) is 0 Å². The lowest BCUT2D eigenvalue weighted by Gasteiger charge is -2.33. The number of quaternary nitrogens is 1. The van der Waals surface area contributed by atoms with Crippen LogP contribution in [0.3, 0.4) is 0 Å². The van der Waals surface area contributed by atoms with Gasteiger partial charge in [0, 0.05) is 12.0 Å². The van der Waals surface area contributed by atoms with Crippen molar-refractivity contribution in [1.82, 2.24) is 5.32 Å². The first kappa shape index (κ1) is 22.3. The van der Waals surface area contributed by atoms with Crippen LogP contribution in [0.1, 0.15) is 25.8 Å². The van der Waals surface area contributed by atoms with Gasteiger partial charge in [-0.25, -0.2) is 8.42 Å². The molecular weight excluding hydrogens is 328 g/mol. The van der Waals surface area contributed by atoms with Gasteiger partial charge in [-0.15, -0.1) is 0 Å². The molecule has 0 spiro atoms. The van der Waals surface area contributed by atoms with Crippen LogP contribution in [-0.2, 0) is 14.9 Å². The van der Waals surface area contributed by atoms with Gasteiger partial charge in [-0.3, -0.25) is 4.79 Å². The first-order valence-corrected chi connectivity index (χ1v) is 9.00. The Bertz CT molecular complexity index is 659. The van der Waals surface area contributed by atoms with Crippen molar-refractivity contribution in [2.45, 2.75) is 38.3 Å². The maximum Gasteiger partial charge on any atom is 0.250 e. The molecule has 1 atom stereocenters. The fraction of sp³-hybridized carbons (Fsp3) is 0.471. The summed E-state index contributed by atoms with van der Waals surface area (Å²) in [5.74, 6) is -0.0556. The Balaban J connectivity index is 0.000000446. The summed E-state index contributed by atoms with van der Waals surface area (Å²) in [7, 11) is 1.92. The molecule has 0 saturated heterocycles. The summed E-state index contributed by atoms with van der Waals surface area (Å²) >= 11 is 0. The minimum absolute atomic E-state index is 0.0556. The third kappa shape index (κ3) is 8.24. The van der Waals surface area contributed by atoms with Gasteiger partial charge in [0.05, 0.1) is 26.0 Å². The summed E-state index contributed by atoms with van der Waals surface area (Å²) in [5, 5.41) is 2.94. The summed E-state index contributed by atoms with van der Waals surface area (Å²) in [6.45, 7) is 9.21. The van der Waals surface area contributed by atoms with Gasteiger partial charge >= 0.3 is 0 Å². The van der Waals surface area contributed by atoms with E-state index in [4.69, 9.17) is 0 Å². The minimum Gasteiger partial charge on any atom is -0.744 e. The molecule has 0 aliphatic heterocycles. The lowest BCUT2D eigenvalue weighted by atomic mass is 10.2. The Morgan fingerprint density at radius 2 is 1.71 bits per heavy atom. The number of nitrogens with zero attached hydrogens (tertiary/aromatic N) is 1. The number of hydrogen-bond acceptors (Lipinski definition) is 4. The molecule has 0 heterocycles. The molecule has 0 bridgehead atoms. The molecule has 1 unspecified atom stereocenters. The van der Waals surface area contributed by atoms with E-state index in [0.29, 0.717) is 5.57 Å². The highest BCUT2D eigenvalue weighted by molar-refractivity contribution is 7.85. The molecule has 1 aromatic rings. The van der Waals surface area contributed by atoms with E-state index in [2.05, 4.69) is 40.0 Å². The van der Waals surface area contributed by atoms with Gasteiger partial charge in [0.25, 0.3) is 5.91 Å². The fourth-order valence-electron chi connectivity index (χ4n) is 1.82. The van der Waals surface area contributed by atoms with Crippen LogP contribution in [0.15, 0.2) is 41.3 Å². The van der Waals surface area contributed by atoms with E-state index in [9.17, 15) is 17.8 Å². The molecule has 136 valence electrons. The Labute approximate surface area is 145 Å². The monoisotopic (exact) mass is 356 g/mol. The number of carbonyl (C=O) groups is 1. The quantitative estimate of drug-likeness (QED) is 0.378. The maximum absolute atomic E-state index is 11.3. The second-order valence-corrected chi connectivity index (χ2v) is 7.94. The number of hydrogen-bond donors (Lipinski definition) is 1. The van der Waals surface area contributed by atoms with E-state index in [0.717, 1.165) is 16.5 Å². The number of nitrogens with one attached hydrogen (secondary N) is 1. The average molecular weight is 356 g/mol. The average Bonchev–Trinajstić information content (AvgIpc) is 2.43.